The number of hydrogen-bond donors (Lipinski definition) is 1. The van der Waals surface area contributed by atoms with Crippen LogP contribution in [0.15, 0.2) is 0 Å². The van der Waals surface area contributed by atoms with Gasteiger partial charge in [-0.05, 0) is 12.8 Å². The van der Waals surface area contributed by atoms with Crippen LogP contribution in [0, 0.1) is 0 Å². The van der Waals surface area contributed by atoms with E-state index in [4.69, 9.17) is 14.6 Å². The second-order valence-electron chi connectivity index (χ2n) is 4.34. The van der Waals surface area contributed by atoms with E-state index < -0.39 is 5.97 Å². The molecule has 0 unspecified atom stereocenters. The first kappa shape index (κ1) is 14.9. The van der Waals surface area contributed by atoms with Crippen molar-refractivity contribution in [2.45, 2.75) is 31.8 Å². The smallest absolute Gasteiger partial charge is 0.305 e. The van der Waals surface area contributed by atoms with Gasteiger partial charge >= 0.3 is 5.97 Å². The summed E-state index contributed by atoms with van der Waals surface area (Å²) in [7, 11) is 1.58. The number of carbonyl (C=O) groups excluding carboxylic acids is 1. The third-order valence-electron chi connectivity index (χ3n) is 2.98. The molecule has 1 fully saturated rings. The van der Waals surface area contributed by atoms with Gasteiger partial charge in [-0.15, -0.1) is 0 Å². The number of ether oxygens (including phenoxy) is 2. The van der Waals surface area contributed by atoms with Crippen molar-refractivity contribution in [2.24, 2.45) is 0 Å². The van der Waals surface area contributed by atoms with Crippen molar-refractivity contribution in [1.29, 1.82) is 0 Å². The maximum Gasteiger partial charge on any atom is 0.305 e. The molecule has 0 aromatic rings. The number of amides is 1. The van der Waals surface area contributed by atoms with Gasteiger partial charge in [-0.3, -0.25) is 9.59 Å². The van der Waals surface area contributed by atoms with Crippen LogP contribution < -0.4 is 0 Å². The number of piperidine rings is 1. The van der Waals surface area contributed by atoms with Gasteiger partial charge in [0, 0.05) is 20.2 Å². The molecule has 0 aromatic heterocycles. The molecule has 6 heteroatoms. The standard InChI is InChI=1S/C12H21NO5/c1-17-8-4-11(14)13-6-2-10(3-7-13)18-9-5-12(15)16/h10H,2-9H2,1H3,(H,15,16). The summed E-state index contributed by atoms with van der Waals surface area (Å²) in [4.78, 5) is 23.8. The molecule has 0 bridgehead atoms. The fourth-order valence-electron chi connectivity index (χ4n) is 1.93. The molecule has 6 nitrogen and oxygen atoms in total. The highest BCUT2D eigenvalue weighted by atomic mass is 16.5. The van der Waals surface area contributed by atoms with Crippen molar-refractivity contribution < 1.29 is 24.2 Å². The average molecular weight is 259 g/mol. The summed E-state index contributed by atoms with van der Waals surface area (Å²) in [5, 5.41) is 8.50. The second-order valence-corrected chi connectivity index (χ2v) is 4.34. The maximum absolute atomic E-state index is 11.7. The summed E-state index contributed by atoms with van der Waals surface area (Å²) in [5.74, 6) is -0.733. The van der Waals surface area contributed by atoms with E-state index >= 15 is 0 Å². The van der Waals surface area contributed by atoms with Gasteiger partial charge in [0.05, 0.1) is 32.2 Å². The van der Waals surface area contributed by atoms with E-state index in [1.807, 2.05) is 4.90 Å². The third-order valence-corrected chi connectivity index (χ3v) is 2.98. The lowest BCUT2D eigenvalue weighted by atomic mass is 10.1. The van der Waals surface area contributed by atoms with Crippen molar-refractivity contribution in [3.63, 3.8) is 0 Å². The topological polar surface area (TPSA) is 76.1 Å². The molecule has 1 aliphatic rings. The van der Waals surface area contributed by atoms with Crippen LogP contribution in [0.3, 0.4) is 0 Å². The Bertz CT molecular complexity index is 274. The Morgan fingerprint density at radius 3 is 2.44 bits per heavy atom. The van der Waals surface area contributed by atoms with E-state index in [9.17, 15) is 9.59 Å². The molecule has 1 saturated heterocycles. The molecule has 1 amide bonds. The number of methoxy groups -OCH3 is 1. The summed E-state index contributed by atoms with van der Waals surface area (Å²) < 4.78 is 10.3. The predicted molar refractivity (Wildman–Crippen MR) is 64.3 cm³/mol. The Kier molecular flexibility index (Phi) is 6.67. The van der Waals surface area contributed by atoms with Gasteiger partial charge in [-0.1, -0.05) is 0 Å². The summed E-state index contributed by atoms with van der Waals surface area (Å²) in [6, 6.07) is 0. The van der Waals surface area contributed by atoms with Crippen LogP contribution in [0.5, 0.6) is 0 Å². The van der Waals surface area contributed by atoms with Crippen LogP contribution >= 0.6 is 0 Å². The van der Waals surface area contributed by atoms with E-state index in [-0.39, 0.29) is 25.0 Å². The minimum Gasteiger partial charge on any atom is -0.481 e. The van der Waals surface area contributed by atoms with Gasteiger partial charge < -0.3 is 19.5 Å². The van der Waals surface area contributed by atoms with Crippen LogP contribution in [0.1, 0.15) is 25.7 Å². The van der Waals surface area contributed by atoms with Crippen molar-refractivity contribution in [3.8, 4) is 0 Å². The highest BCUT2D eigenvalue weighted by Gasteiger charge is 2.22. The number of aliphatic carboxylic acids is 1. The number of rotatable bonds is 7. The van der Waals surface area contributed by atoms with E-state index in [2.05, 4.69) is 0 Å². The molecule has 0 atom stereocenters. The Labute approximate surface area is 107 Å². The van der Waals surface area contributed by atoms with Gasteiger partial charge in [0.1, 0.15) is 0 Å². The minimum absolute atomic E-state index is 0.0347. The molecule has 0 aromatic carbocycles. The summed E-state index contributed by atoms with van der Waals surface area (Å²) in [5.41, 5.74) is 0. The van der Waals surface area contributed by atoms with Crippen LogP contribution in [0.2, 0.25) is 0 Å². The Hall–Kier alpha value is -1.14. The molecule has 0 saturated carbocycles. The van der Waals surface area contributed by atoms with Gasteiger partial charge in [-0.25, -0.2) is 0 Å². The summed E-state index contributed by atoms with van der Waals surface area (Å²) in [6.45, 7) is 2.06. The third kappa shape index (κ3) is 5.46. The maximum atomic E-state index is 11.7. The van der Waals surface area contributed by atoms with Gasteiger partial charge in [0.15, 0.2) is 0 Å². The highest BCUT2D eigenvalue weighted by Crippen LogP contribution is 2.14. The Morgan fingerprint density at radius 2 is 1.89 bits per heavy atom. The zero-order valence-corrected chi connectivity index (χ0v) is 10.8. The number of carboxylic acids is 1. The van der Waals surface area contributed by atoms with E-state index in [0.717, 1.165) is 12.8 Å². The number of hydrogen-bond acceptors (Lipinski definition) is 4. The molecule has 18 heavy (non-hydrogen) atoms. The van der Waals surface area contributed by atoms with Crippen LogP contribution in [0.25, 0.3) is 0 Å². The number of carbonyl (C=O) groups is 2. The van der Waals surface area contributed by atoms with Crippen molar-refractivity contribution in [3.05, 3.63) is 0 Å². The zero-order chi connectivity index (χ0) is 13.4. The lowest BCUT2D eigenvalue weighted by Gasteiger charge is -2.31. The van der Waals surface area contributed by atoms with Crippen LogP contribution in [0.4, 0.5) is 0 Å². The highest BCUT2D eigenvalue weighted by molar-refractivity contribution is 5.76. The first-order chi connectivity index (χ1) is 8.63. The lowest BCUT2D eigenvalue weighted by Crippen LogP contribution is -2.41. The fraction of sp³-hybridized carbons (Fsp3) is 0.833. The van der Waals surface area contributed by atoms with Crippen LogP contribution in [-0.2, 0) is 19.1 Å². The number of carboxylic acid groups (broad SMARTS) is 1. The predicted octanol–water partition coefficient (Wildman–Crippen LogP) is 0.505. The molecule has 1 N–H and O–H groups in total. The molecule has 1 rings (SSSR count). The Balaban J connectivity index is 2.16. The first-order valence-electron chi connectivity index (χ1n) is 6.23. The summed E-state index contributed by atoms with van der Waals surface area (Å²) in [6.07, 6.45) is 2.08. The van der Waals surface area contributed by atoms with Crippen LogP contribution in [-0.4, -0.2) is 61.4 Å². The van der Waals surface area contributed by atoms with Crippen molar-refractivity contribution >= 4 is 11.9 Å². The Morgan fingerprint density at radius 1 is 1.22 bits per heavy atom. The van der Waals surface area contributed by atoms with E-state index in [1.165, 1.54) is 0 Å². The molecule has 0 spiro atoms. The fourth-order valence-corrected chi connectivity index (χ4v) is 1.93. The van der Waals surface area contributed by atoms with Crippen molar-refractivity contribution in [1.82, 2.24) is 4.90 Å². The first-order valence-corrected chi connectivity index (χ1v) is 6.23. The molecule has 0 radical (unpaired) electrons. The summed E-state index contributed by atoms with van der Waals surface area (Å²) >= 11 is 0. The average Bonchev–Trinajstić information content (AvgIpc) is 2.36. The van der Waals surface area contributed by atoms with E-state index in [1.54, 1.807) is 7.11 Å². The molecular weight excluding hydrogens is 238 g/mol. The number of likely N-dealkylation sites (tertiary alicyclic amines) is 1. The molecule has 1 aliphatic heterocycles. The van der Waals surface area contributed by atoms with Gasteiger partial charge in [0.25, 0.3) is 0 Å². The lowest BCUT2D eigenvalue weighted by molar-refractivity contribution is -0.139. The minimum atomic E-state index is -0.845. The quantitative estimate of drug-likeness (QED) is 0.720. The van der Waals surface area contributed by atoms with E-state index in [0.29, 0.717) is 26.1 Å². The largest absolute Gasteiger partial charge is 0.481 e. The monoisotopic (exact) mass is 259 g/mol. The SMILES string of the molecule is COCCC(=O)N1CCC(OCCC(=O)O)CC1. The second kappa shape index (κ2) is 8.05. The molecular formula is C12H21NO5. The number of nitrogens with zero attached hydrogens (tertiary/aromatic N) is 1. The molecule has 1 heterocycles. The molecule has 0 aliphatic carbocycles. The normalized spacial score (nSPS) is 16.8. The molecule has 104 valence electrons. The van der Waals surface area contributed by atoms with Crippen molar-refractivity contribution in [2.75, 3.05) is 33.4 Å². The van der Waals surface area contributed by atoms with Gasteiger partial charge in [-0.2, -0.15) is 0 Å². The zero-order valence-electron chi connectivity index (χ0n) is 10.8. The van der Waals surface area contributed by atoms with Gasteiger partial charge in [0.2, 0.25) is 5.91 Å².